The van der Waals surface area contributed by atoms with Crippen molar-refractivity contribution in [2.75, 3.05) is 50.7 Å². The van der Waals surface area contributed by atoms with Crippen LogP contribution in [0.1, 0.15) is 85.3 Å². The molecule has 0 aliphatic carbocycles. The van der Waals surface area contributed by atoms with Gasteiger partial charge in [-0.05, 0) is 147 Å². The number of imidazole rings is 1. The van der Waals surface area contributed by atoms with Crippen LogP contribution in [0.4, 0.5) is 5.69 Å². The molecule has 0 unspecified atom stereocenters. The molecule has 14 heteroatoms. The highest BCUT2D eigenvalue weighted by atomic mass is 79.9. The zero-order chi connectivity index (χ0) is 41.3. The number of likely N-dealkylation sites (tertiary alicyclic amines) is 2. The molecule has 314 valence electrons. The van der Waals surface area contributed by atoms with Crippen molar-refractivity contribution < 1.29 is 19.1 Å². The van der Waals surface area contributed by atoms with E-state index in [2.05, 4.69) is 63.2 Å². The van der Waals surface area contributed by atoms with E-state index in [1.54, 1.807) is 10.9 Å². The number of ether oxygens (including phenoxy) is 1. The summed E-state index contributed by atoms with van der Waals surface area (Å²) in [5.74, 6) is 3.55. The molecule has 9 rings (SSSR count). The Kier molecular flexibility index (Phi) is 11.8. The molecule has 4 fully saturated rings. The van der Waals surface area contributed by atoms with Crippen LogP contribution in [0.2, 0.25) is 0 Å². The first-order valence-corrected chi connectivity index (χ1v) is 22.5. The second kappa shape index (κ2) is 17.5. The lowest BCUT2D eigenvalue weighted by Gasteiger charge is -2.39. The largest absolute Gasteiger partial charge is 0.454 e. The highest BCUT2D eigenvalue weighted by Crippen LogP contribution is 2.37. The molecule has 0 spiro atoms. The third kappa shape index (κ3) is 8.86. The maximum absolute atomic E-state index is 13.6. The van der Waals surface area contributed by atoms with Crippen LogP contribution in [-0.4, -0.2) is 98.1 Å². The number of fused-ring (bicyclic) bond motifs is 1. The summed E-state index contributed by atoms with van der Waals surface area (Å²) in [6, 6.07) is 15.8. The lowest BCUT2D eigenvalue weighted by molar-refractivity contribution is -0.134. The molecule has 2 N–H and O–H groups in total. The topological polar surface area (TPSA) is 142 Å². The van der Waals surface area contributed by atoms with Gasteiger partial charge in [0, 0.05) is 69.8 Å². The number of piperidine rings is 4. The van der Waals surface area contributed by atoms with Crippen LogP contribution in [0, 0.1) is 24.7 Å². The molecular formula is C46H54BrN9O4. The fraction of sp³-hybridized carbons (Fsp3) is 0.478. The van der Waals surface area contributed by atoms with Crippen molar-refractivity contribution in [2.45, 2.75) is 70.6 Å². The number of carbonyl (C=O) groups excluding carboxylic acids is 3. The number of aryl methyl sites for hydroxylation is 2. The highest BCUT2D eigenvalue weighted by molar-refractivity contribution is 9.10. The number of rotatable bonds is 10. The quantitative estimate of drug-likeness (QED) is 0.136. The van der Waals surface area contributed by atoms with E-state index in [1.807, 2.05) is 61.5 Å². The smallest absolute Gasteiger partial charge is 0.253 e. The monoisotopic (exact) mass is 875 g/mol. The van der Waals surface area contributed by atoms with Gasteiger partial charge in [-0.15, -0.1) is 0 Å². The average Bonchev–Trinajstić information content (AvgIpc) is 3.85. The number of halogens is 1. The van der Waals surface area contributed by atoms with Crippen molar-refractivity contribution in [3.05, 3.63) is 82.2 Å². The summed E-state index contributed by atoms with van der Waals surface area (Å²) in [5.41, 5.74) is 5.87. The summed E-state index contributed by atoms with van der Waals surface area (Å²) in [6.45, 7) is 9.20. The summed E-state index contributed by atoms with van der Waals surface area (Å²) < 4.78 is 8.80. The Balaban J connectivity index is 0.700. The van der Waals surface area contributed by atoms with Crippen LogP contribution in [-0.2, 0) is 16.6 Å². The van der Waals surface area contributed by atoms with Crippen molar-refractivity contribution in [1.29, 1.82) is 0 Å². The van der Waals surface area contributed by atoms with Gasteiger partial charge in [-0.2, -0.15) is 5.10 Å². The first-order chi connectivity index (χ1) is 29.1. The van der Waals surface area contributed by atoms with Crippen molar-refractivity contribution >= 4 is 50.5 Å². The number of anilines is 1. The highest BCUT2D eigenvalue weighted by Gasteiger charge is 2.31. The maximum Gasteiger partial charge on any atom is 0.253 e. The number of nitrogens with zero attached hydrogens (tertiary/aromatic N) is 7. The van der Waals surface area contributed by atoms with Gasteiger partial charge >= 0.3 is 0 Å². The number of hydrogen-bond donors (Lipinski definition) is 2. The van der Waals surface area contributed by atoms with Gasteiger partial charge in [-0.25, -0.2) is 9.97 Å². The predicted molar refractivity (Wildman–Crippen MR) is 234 cm³/mol. The van der Waals surface area contributed by atoms with Crippen LogP contribution in [0.3, 0.4) is 0 Å². The minimum atomic E-state index is -0.242. The van der Waals surface area contributed by atoms with Crippen LogP contribution < -0.4 is 15.0 Å². The fourth-order valence-corrected chi connectivity index (χ4v) is 10.3. The first-order valence-electron chi connectivity index (χ1n) is 21.7. The zero-order valence-corrected chi connectivity index (χ0v) is 36.1. The SMILES string of the molecule is Cc1nn(C)cc1-c1nc2ncc(Br)c(Oc3ccc(C(=O)N4CCC(CC5CCN(CC6CCN(c7cccc([C@@H]8CCC(=O)NC8=O)c7)CC6)CC5)CC4)cc3)c2[nH]1. The summed E-state index contributed by atoms with van der Waals surface area (Å²) >= 11 is 3.60. The Bertz CT molecular complexity index is 2350. The molecule has 0 bridgehead atoms. The fourth-order valence-electron chi connectivity index (χ4n) is 9.87. The molecule has 4 aliphatic heterocycles. The van der Waals surface area contributed by atoms with Crippen LogP contribution in [0.5, 0.6) is 11.5 Å². The van der Waals surface area contributed by atoms with Crippen molar-refractivity contribution in [3.63, 3.8) is 0 Å². The van der Waals surface area contributed by atoms with Crippen LogP contribution >= 0.6 is 15.9 Å². The zero-order valence-electron chi connectivity index (χ0n) is 34.5. The summed E-state index contributed by atoms with van der Waals surface area (Å²) in [6.07, 6.45) is 12.9. The van der Waals surface area contributed by atoms with Gasteiger partial charge in [-0.3, -0.25) is 24.4 Å². The van der Waals surface area contributed by atoms with E-state index in [-0.39, 0.29) is 23.6 Å². The second-order valence-corrected chi connectivity index (χ2v) is 18.2. The first kappa shape index (κ1) is 40.3. The van der Waals surface area contributed by atoms with E-state index in [0.717, 1.165) is 67.7 Å². The van der Waals surface area contributed by atoms with Gasteiger partial charge in [0.05, 0.1) is 21.6 Å². The molecule has 4 saturated heterocycles. The molecule has 7 heterocycles. The second-order valence-electron chi connectivity index (χ2n) is 17.4. The van der Waals surface area contributed by atoms with Gasteiger partial charge in [0.2, 0.25) is 11.8 Å². The predicted octanol–water partition coefficient (Wildman–Crippen LogP) is 7.61. The molecular weight excluding hydrogens is 822 g/mol. The molecule has 3 amide bonds. The summed E-state index contributed by atoms with van der Waals surface area (Å²) in [4.78, 5) is 57.4. The van der Waals surface area contributed by atoms with Gasteiger partial charge in [0.25, 0.3) is 5.91 Å². The molecule has 0 saturated carbocycles. The Hall–Kier alpha value is -5.08. The third-order valence-corrected chi connectivity index (χ3v) is 13.9. The Labute approximate surface area is 359 Å². The Morgan fingerprint density at radius 1 is 0.900 bits per heavy atom. The van der Waals surface area contributed by atoms with E-state index in [9.17, 15) is 14.4 Å². The molecule has 5 aromatic rings. The number of pyridine rings is 1. The van der Waals surface area contributed by atoms with E-state index in [4.69, 9.17) is 4.74 Å². The summed E-state index contributed by atoms with van der Waals surface area (Å²) in [5, 5.41) is 6.94. The Morgan fingerprint density at radius 3 is 2.32 bits per heavy atom. The number of aromatic nitrogens is 5. The standard InChI is InChI=1S/C46H54BrN9O4/c1-29-38(28-53(2)52-29)43-50-41-42(39(47)26-48-44(41)51-43)60-36-8-6-33(7-9-36)46(59)56-22-14-31(15-23-56)24-30-12-18-54(19-13-30)27-32-16-20-55(21-17-32)35-5-3-4-34(25-35)37-10-11-40(57)49-45(37)58/h3-9,25-26,28,30-32,37H,10-24,27H2,1-2H3,(H,48,50,51)(H,49,57,58)/t37-/m0/s1. The normalized spacial score (nSPS) is 20.2. The van der Waals surface area contributed by atoms with E-state index in [1.165, 1.54) is 57.4 Å². The minimum absolute atomic E-state index is 0.0809. The van der Waals surface area contributed by atoms with Crippen LogP contribution in [0.25, 0.3) is 22.6 Å². The average molecular weight is 877 g/mol. The number of hydrogen-bond acceptors (Lipinski definition) is 9. The molecule has 1 atom stereocenters. The lowest BCUT2D eigenvalue weighted by atomic mass is 9.82. The number of nitrogens with one attached hydrogen (secondary N) is 2. The number of benzene rings is 2. The van der Waals surface area contributed by atoms with E-state index >= 15 is 0 Å². The van der Waals surface area contributed by atoms with Crippen molar-refractivity contribution in [3.8, 4) is 22.9 Å². The molecule has 3 aromatic heterocycles. The number of amides is 3. The number of aromatic amines is 1. The number of imide groups is 1. The van der Waals surface area contributed by atoms with Crippen molar-refractivity contribution in [2.24, 2.45) is 24.8 Å². The molecule has 4 aliphatic rings. The van der Waals surface area contributed by atoms with E-state index in [0.29, 0.717) is 57.3 Å². The lowest BCUT2D eigenvalue weighted by Crippen LogP contribution is -2.42. The summed E-state index contributed by atoms with van der Waals surface area (Å²) in [7, 11) is 1.88. The van der Waals surface area contributed by atoms with Gasteiger partial charge in [0.1, 0.15) is 17.1 Å². The van der Waals surface area contributed by atoms with Gasteiger partial charge in [-0.1, -0.05) is 12.1 Å². The number of H-pyrrole nitrogens is 1. The minimum Gasteiger partial charge on any atom is -0.454 e. The third-order valence-electron chi connectivity index (χ3n) is 13.3. The molecule has 13 nitrogen and oxygen atoms in total. The number of carbonyl (C=O) groups is 3. The Morgan fingerprint density at radius 2 is 1.62 bits per heavy atom. The molecule has 2 aromatic carbocycles. The van der Waals surface area contributed by atoms with E-state index < -0.39 is 0 Å². The van der Waals surface area contributed by atoms with Crippen molar-refractivity contribution in [1.82, 2.24) is 39.8 Å². The molecule has 0 radical (unpaired) electrons. The van der Waals surface area contributed by atoms with Crippen LogP contribution in [0.15, 0.2) is 65.4 Å². The molecule has 60 heavy (non-hydrogen) atoms. The van der Waals surface area contributed by atoms with Gasteiger partial charge in [0.15, 0.2) is 11.4 Å². The van der Waals surface area contributed by atoms with Gasteiger partial charge < -0.3 is 24.4 Å². The maximum atomic E-state index is 13.6.